The van der Waals surface area contributed by atoms with Gasteiger partial charge < -0.3 is 14.8 Å². The van der Waals surface area contributed by atoms with E-state index in [4.69, 9.17) is 9.47 Å². The lowest BCUT2D eigenvalue weighted by Crippen LogP contribution is -2.30. The summed E-state index contributed by atoms with van der Waals surface area (Å²) >= 11 is 0. The zero-order chi connectivity index (χ0) is 14.3. The zero-order valence-electron chi connectivity index (χ0n) is 11.5. The van der Waals surface area contributed by atoms with Crippen LogP contribution < -0.4 is 10.1 Å². The number of hydrogen-bond donors (Lipinski definition) is 1. The van der Waals surface area contributed by atoms with Gasteiger partial charge in [-0.1, -0.05) is 6.07 Å². The van der Waals surface area contributed by atoms with E-state index in [9.17, 15) is 10.1 Å². The van der Waals surface area contributed by atoms with E-state index >= 15 is 0 Å². The fraction of sp³-hybridized carbons (Fsp3) is 0.538. The number of ether oxygens (including phenoxy) is 2. The van der Waals surface area contributed by atoms with Gasteiger partial charge in [-0.25, -0.2) is 0 Å². The summed E-state index contributed by atoms with van der Waals surface area (Å²) in [5, 5.41) is 14.1. The molecule has 0 bridgehead atoms. The fourth-order valence-electron chi connectivity index (χ4n) is 1.89. The van der Waals surface area contributed by atoms with Crippen molar-refractivity contribution in [3.8, 4) is 5.75 Å². The van der Waals surface area contributed by atoms with Gasteiger partial charge in [0.15, 0.2) is 5.75 Å². The van der Waals surface area contributed by atoms with Crippen molar-refractivity contribution >= 4 is 5.69 Å². The molecule has 1 unspecified atom stereocenters. The molecule has 106 valence electrons. The van der Waals surface area contributed by atoms with E-state index in [1.54, 1.807) is 19.2 Å². The number of methoxy groups -OCH3 is 2. The second-order valence-electron chi connectivity index (χ2n) is 4.24. The molecule has 0 aliphatic rings. The SMILES string of the molecule is CNC(CCc1ccc(OC)c([N+](=O)[O-])c1)COC. The lowest BCUT2D eigenvalue weighted by molar-refractivity contribution is -0.385. The molecule has 0 spiro atoms. The summed E-state index contributed by atoms with van der Waals surface area (Å²) in [7, 11) is 4.96. The Labute approximate surface area is 112 Å². The van der Waals surface area contributed by atoms with Crippen molar-refractivity contribution in [2.45, 2.75) is 18.9 Å². The summed E-state index contributed by atoms with van der Waals surface area (Å²) in [6.07, 6.45) is 1.60. The summed E-state index contributed by atoms with van der Waals surface area (Å²) in [6, 6.07) is 5.30. The maximum atomic E-state index is 10.9. The van der Waals surface area contributed by atoms with Gasteiger partial charge in [0.05, 0.1) is 18.6 Å². The third kappa shape index (κ3) is 4.50. The number of aryl methyl sites for hydroxylation is 1. The lowest BCUT2D eigenvalue weighted by Gasteiger charge is -2.14. The number of hydrogen-bond acceptors (Lipinski definition) is 5. The van der Waals surface area contributed by atoms with Crippen molar-refractivity contribution in [2.75, 3.05) is 27.9 Å². The van der Waals surface area contributed by atoms with Crippen molar-refractivity contribution in [3.63, 3.8) is 0 Å². The molecule has 0 heterocycles. The van der Waals surface area contributed by atoms with Crippen LogP contribution in [-0.2, 0) is 11.2 Å². The highest BCUT2D eigenvalue weighted by Crippen LogP contribution is 2.28. The number of rotatable bonds is 8. The molecule has 0 saturated carbocycles. The molecule has 6 heteroatoms. The van der Waals surface area contributed by atoms with Gasteiger partial charge in [-0.3, -0.25) is 10.1 Å². The lowest BCUT2D eigenvalue weighted by atomic mass is 10.0. The smallest absolute Gasteiger partial charge is 0.311 e. The Balaban J connectivity index is 2.74. The normalized spacial score (nSPS) is 12.2. The van der Waals surface area contributed by atoms with Gasteiger partial charge in [-0.05, 0) is 31.5 Å². The van der Waals surface area contributed by atoms with E-state index in [-0.39, 0.29) is 17.5 Å². The number of nitrogens with one attached hydrogen (secondary N) is 1. The summed E-state index contributed by atoms with van der Waals surface area (Å²) in [5.41, 5.74) is 0.927. The van der Waals surface area contributed by atoms with Gasteiger partial charge in [0, 0.05) is 19.2 Å². The average Bonchev–Trinajstić information content (AvgIpc) is 2.43. The Morgan fingerprint density at radius 3 is 2.68 bits per heavy atom. The predicted molar refractivity (Wildman–Crippen MR) is 72.7 cm³/mol. The largest absolute Gasteiger partial charge is 0.490 e. The van der Waals surface area contributed by atoms with E-state index in [0.29, 0.717) is 6.61 Å². The molecule has 0 radical (unpaired) electrons. The fourth-order valence-corrected chi connectivity index (χ4v) is 1.89. The van der Waals surface area contributed by atoms with Gasteiger partial charge in [0.2, 0.25) is 0 Å². The minimum absolute atomic E-state index is 0.00718. The number of nitro benzene ring substituents is 1. The second kappa shape index (κ2) is 7.70. The molecule has 1 atom stereocenters. The quantitative estimate of drug-likeness (QED) is 0.574. The monoisotopic (exact) mass is 268 g/mol. The maximum Gasteiger partial charge on any atom is 0.311 e. The van der Waals surface area contributed by atoms with Crippen LogP contribution in [0, 0.1) is 10.1 Å². The van der Waals surface area contributed by atoms with Crippen LogP contribution in [0.2, 0.25) is 0 Å². The van der Waals surface area contributed by atoms with Crippen molar-refractivity contribution in [1.82, 2.24) is 5.32 Å². The third-order valence-electron chi connectivity index (χ3n) is 3.00. The molecule has 1 rings (SSSR count). The van der Waals surface area contributed by atoms with Crippen LogP contribution in [0.25, 0.3) is 0 Å². The van der Waals surface area contributed by atoms with E-state index in [1.807, 2.05) is 13.1 Å². The summed E-state index contributed by atoms with van der Waals surface area (Å²) in [5.74, 6) is 0.288. The topological polar surface area (TPSA) is 73.6 Å². The van der Waals surface area contributed by atoms with E-state index in [1.165, 1.54) is 7.11 Å². The molecule has 0 aliphatic heterocycles. The predicted octanol–water partition coefficient (Wildman–Crippen LogP) is 1.77. The number of nitro groups is 1. The Hall–Kier alpha value is -1.66. The van der Waals surface area contributed by atoms with E-state index in [2.05, 4.69) is 5.32 Å². The first-order chi connectivity index (χ1) is 9.12. The first-order valence-corrected chi connectivity index (χ1v) is 6.09. The van der Waals surface area contributed by atoms with Gasteiger partial charge >= 0.3 is 5.69 Å². The molecule has 0 fully saturated rings. The maximum absolute atomic E-state index is 10.9. The number of likely N-dealkylation sites (N-methyl/N-ethyl adjacent to an activating group) is 1. The van der Waals surface area contributed by atoms with Crippen LogP contribution in [0.15, 0.2) is 18.2 Å². The van der Waals surface area contributed by atoms with Crippen molar-refractivity contribution in [3.05, 3.63) is 33.9 Å². The third-order valence-corrected chi connectivity index (χ3v) is 3.00. The number of nitrogens with zero attached hydrogens (tertiary/aromatic N) is 1. The summed E-state index contributed by atoms with van der Waals surface area (Å²) in [6.45, 7) is 0.620. The molecule has 6 nitrogen and oxygen atoms in total. The Kier molecular flexibility index (Phi) is 6.24. The molecular weight excluding hydrogens is 248 g/mol. The standard InChI is InChI=1S/C13H20N2O4/c1-14-11(9-18-2)6-4-10-5-7-13(19-3)12(8-10)15(16)17/h5,7-8,11,14H,4,6,9H2,1-3H3. The van der Waals surface area contributed by atoms with E-state index in [0.717, 1.165) is 18.4 Å². The summed E-state index contributed by atoms with van der Waals surface area (Å²) in [4.78, 5) is 10.5. The molecule has 1 N–H and O–H groups in total. The first-order valence-electron chi connectivity index (χ1n) is 6.09. The molecule has 0 aliphatic carbocycles. The Bertz CT molecular complexity index is 423. The highest BCUT2D eigenvalue weighted by Gasteiger charge is 2.15. The van der Waals surface area contributed by atoms with Crippen LogP contribution in [0.3, 0.4) is 0 Å². The van der Waals surface area contributed by atoms with Crippen molar-refractivity contribution < 1.29 is 14.4 Å². The van der Waals surface area contributed by atoms with Crippen molar-refractivity contribution in [2.24, 2.45) is 0 Å². The minimum atomic E-state index is -0.424. The number of benzene rings is 1. The molecule has 0 aromatic heterocycles. The van der Waals surface area contributed by atoms with Crippen molar-refractivity contribution in [1.29, 1.82) is 0 Å². The molecule has 19 heavy (non-hydrogen) atoms. The Morgan fingerprint density at radius 2 is 2.16 bits per heavy atom. The summed E-state index contributed by atoms with van der Waals surface area (Å²) < 4.78 is 10.1. The van der Waals surface area contributed by atoms with Crippen LogP contribution in [0.4, 0.5) is 5.69 Å². The van der Waals surface area contributed by atoms with Crippen LogP contribution in [-0.4, -0.2) is 38.8 Å². The van der Waals surface area contributed by atoms with Gasteiger partial charge in [0.1, 0.15) is 0 Å². The molecule has 1 aromatic rings. The van der Waals surface area contributed by atoms with Gasteiger partial charge in [-0.2, -0.15) is 0 Å². The average molecular weight is 268 g/mol. The van der Waals surface area contributed by atoms with E-state index < -0.39 is 4.92 Å². The molecular formula is C13H20N2O4. The molecule has 1 aromatic carbocycles. The minimum Gasteiger partial charge on any atom is -0.490 e. The molecule has 0 amide bonds. The highest BCUT2D eigenvalue weighted by atomic mass is 16.6. The zero-order valence-corrected chi connectivity index (χ0v) is 11.5. The van der Waals surface area contributed by atoms with Crippen LogP contribution >= 0.6 is 0 Å². The Morgan fingerprint density at radius 1 is 1.42 bits per heavy atom. The van der Waals surface area contributed by atoms with Crippen LogP contribution in [0.1, 0.15) is 12.0 Å². The highest BCUT2D eigenvalue weighted by molar-refractivity contribution is 5.48. The van der Waals surface area contributed by atoms with Crippen LogP contribution in [0.5, 0.6) is 5.75 Å². The second-order valence-corrected chi connectivity index (χ2v) is 4.24. The van der Waals surface area contributed by atoms with Gasteiger partial charge in [-0.15, -0.1) is 0 Å². The van der Waals surface area contributed by atoms with Gasteiger partial charge in [0.25, 0.3) is 0 Å². The first kappa shape index (κ1) is 15.4. The molecule has 0 saturated heterocycles.